The molecule has 0 saturated carbocycles. The molecule has 1 heterocycles. The Morgan fingerprint density at radius 3 is 2.69 bits per heavy atom. The number of hydrogen-bond acceptors (Lipinski definition) is 3. The summed E-state index contributed by atoms with van der Waals surface area (Å²) in [6.07, 6.45) is 0.492. The number of esters is 2. The summed E-state index contributed by atoms with van der Waals surface area (Å²) in [6, 6.07) is 5.21. The Hall–Kier alpha value is -1.06. The van der Waals surface area contributed by atoms with E-state index in [0.717, 1.165) is 5.56 Å². The second-order valence-electron chi connectivity index (χ2n) is 3.61. The Bertz CT molecular complexity index is 457. The molecule has 2 rings (SSSR count). The zero-order chi connectivity index (χ0) is 11.7. The van der Waals surface area contributed by atoms with Crippen LogP contribution in [0.4, 0.5) is 0 Å². The van der Waals surface area contributed by atoms with Gasteiger partial charge in [-0.3, -0.25) is 9.59 Å². The SMILES string of the molecule is O=C1CC(Cc2cccc(Cl)c2Cl)C(=O)O1. The molecule has 1 aliphatic heterocycles. The van der Waals surface area contributed by atoms with Gasteiger partial charge in [0.1, 0.15) is 0 Å². The number of cyclic esters (lactones) is 2. The molecule has 0 aromatic heterocycles. The fourth-order valence-electron chi connectivity index (χ4n) is 1.65. The van der Waals surface area contributed by atoms with Crippen LogP contribution in [0.25, 0.3) is 0 Å². The molecular weight excluding hydrogens is 251 g/mol. The normalized spacial score (nSPS) is 20.0. The number of rotatable bonds is 2. The Kier molecular flexibility index (Phi) is 3.17. The summed E-state index contributed by atoms with van der Waals surface area (Å²) in [5.41, 5.74) is 0.755. The van der Waals surface area contributed by atoms with Gasteiger partial charge in [0.15, 0.2) is 0 Å². The van der Waals surface area contributed by atoms with E-state index in [2.05, 4.69) is 4.74 Å². The molecule has 84 valence electrons. The highest BCUT2D eigenvalue weighted by Crippen LogP contribution is 2.29. The third kappa shape index (κ3) is 2.20. The van der Waals surface area contributed by atoms with Crippen LogP contribution >= 0.6 is 23.2 Å². The molecule has 1 atom stereocenters. The second-order valence-corrected chi connectivity index (χ2v) is 4.40. The molecule has 1 fully saturated rings. The Morgan fingerprint density at radius 2 is 2.06 bits per heavy atom. The van der Waals surface area contributed by atoms with Crippen molar-refractivity contribution in [1.82, 2.24) is 0 Å². The van der Waals surface area contributed by atoms with Crippen LogP contribution in [0, 0.1) is 5.92 Å². The first-order valence-corrected chi connectivity index (χ1v) is 5.51. The van der Waals surface area contributed by atoms with Crippen LogP contribution in [0.2, 0.25) is 10.0 Å². The minimum atomic E-state index is -0.485. The Labute approximate surface area is 102 Å². The van der Waals surface area contributed by atoms with Crippen LogP contribution in [-0.2, 0) is 20.7 Å². The predicted molar refractivity (Wildman–Crippen MR) is 59.4 cm³/mol. The average Bonchev–Trinajstić information content (AvgIpc) is 2.53. The van der Waals surface area contributed by atoms with E-state index in [9.17, 15) is 9.59 Å². The van der Waals surface area contributed by atoms with Gasteiger partial charge in [0.05, 0.1) is 22.4 Å². The molecule has 0 N–H and O–H groups in total. The lowest BCUT2D eigenvalue weighted by Crippen LogP contribution is -2.10. The van der Waals surface area contributed by atoms with E-state index in [4.69, 9.17) is 23.2 Å². The van der Waals surface area contributed by atoms with Crippen molar-refractivity contribution in [3.05, 3.63) is 33.8 Å². The van der Waals surface area contributed by atoms with Gasteiger partial charge in [0.25, 0.3) is 0 Å². The highest BCUT2D eigenvalue weighted by Gasteiger charge is 2.33. The van der Waals surface area contributed by atoms with E-state index in [-0.39, 0.29) is 6.42 Å². The lowest BCUT2D eigenvalue weighted by Gasteiger charge is -2.07. The van der Waals surface area contributed by atoms with Crippen LogP contribution in [0.3, 0.4) is 0 Å². The van der Waals surface area contributed by atoms with E-state index in [1.807, 2.05) is 0 Å². The lowest BCUT2D eigenvalue weighted by atomic mass is 9.98. The zero-order valence-electron chi connectivity index (χ0n) is 8.20. The first-order chi connectivity index (χ1) is 7.58. The highest BCUT2D eigenvalue weighted by atomic mass is 35.5. The van der Waals surface area contributed by atoms with Gasteiger partial charge in [-0.2, -0.15) is 0 Å². The smallest absolute Gasteiger partial charge is 0.317 e. The molecule has 0 radical (unpaired) electrons. The van der Waals surface area contributed by atoms with Crippen molar-refractivity contribution >= 4 is 35.1 Å². The molecule has 3 nitrogen and oxygen atoms in total. The van der Waals surface area contributed by atoms with E-state index in [1.165, 1.54) is 0 Å². The van der Waals surface area contributed by atoms with Gasteiger partial charge in [0, 0.05) is 0 Å². The van der Waals surface area contributed by atoms with Crippen LogP contribution in [0.15, 0.2) is 18.2 Å². The van der Waals surface area contributed by atoms with Gasteiger partial charge < -0.3 is 4.74 Å². The van der Waals surface area contributed by atoms with Gasteiger partial charge in [-0.05, 0) is 18.1 Å². The van der Waals surface area contributed by atoms with Crippen molar-refractivity contribution in [2.45, 2.75) is 12.8 Å². The molecule has 5 heteroatoms. The number of hydrogen-bond donors (Lipinski definition) is 0. The monoisotopic (exact) mass is 258 g/mol. The number of carbonyl (C=O) groups excluding carboxylic acids is 2. The van der Waals surface area contributed by atoms with Crippen molar-refractivity contribution < 1.29 is 14.3 Å². The molecule has 0 bridgehead atoms. The quantitative estimate of drug-likeness (QED) is 0.605. The van der Waals surface area contributed by atoms with Gasteiger partial charge in [-0.1, -0.05) is 35.3 Å². The van der Waals surface area contributed by atoms with Crippen LogP contribution < -0.4 is 0 Å². The molecular formula is C11H8Cl2O3. The van der Waals surface area contributed by atoms with Crippen LogP contribution in [0.5, 0.6) is 0 Å². The molecule has 1 saturated heterocycles. The minimum Gasteiger partial charge on any atom is -0.393 e. The van der Waals surface area contributed by atoms with E-state index in [1.54, 1.807) is 18.2 Å². The average molecular weight is 259 g/mol. The molecule has 1 aromatic rings. The third-order valence-corrected chi connectivity index (χ3v) is 3.32. The van der Waals surface area contributed by atoms with Crippen LogP contribution in [-0.4, -0.2) is 11.9 Å². The minimum absolute atomic E-state index is 0.113. The third-order valence-electron chi connectivity index (χ3n) is 2.46. The molecule has 1 aliphatic rings. The maximum absolute atomic E-state index is 11.3. The van der Waals surface area contributed by atoms with E-state index in [0.29, 0.717) is 16.5 Å². The Morgan fingerprint density at radius 1 is 1.31 bits per heavy atom. The second kappa shape index (κ2) is 4.44. The highest BCUT2D eigenvalue weighted by molar-refractivity contribution is 6.42. The fourth-order valence-corrected chi connectivity index (χ4v) is 2.05. The largest absolute Gasteiger partial charge is 0.393 e. The number of carbonyl (C=O) groups is 2. The molecule has 0 amide bonds. The van der Waals surface area contributed by atoms with Crippen molar-refractivity contribution in [3.63, 3.8) is 0 Å². The van der Waals surface area contributed by atoms with Crippen molar-refractivity contribution in [1.29, 1.82) is 0 Å². The summed E-state index contributed by atoms with van der Waals surface area (Å²) in [4.78, 5) is 22.2. The summed E-state index contributed by atoms with van der Waals surface area (Å²) in [6.45, 7) is 0. The van der Waals surface area contributed by atoms with Crippen molar-refractivity contribution in [2.24, 2.45) is 5.92 Å². The van der Waals surface area contributed by atoms with Gasteiger partial charge >= 0.3 is 11.9 Å². The Balaban J connectivity index is 2.18. The summed E-state index contributed by atoms with van der Waals surface area (Å²) >= 11 is 11.8. The molecule has 1 unspecified atom stereocenters. The predicted octanol–water partition coefficient (Wildman–Crippen LogP) is 2.63. The van der Waals surface area contributed by atoms with E-state index >= 15 is 0 Å². The van der Waals surface area contributed by atoms with Gasteiger partial charge in [0.2, 0.25) is 0 Å². The number of ether oxygens (including phenoxy) is 1. The van der Waals surface area contributed by atoms with Crippen molar-refractivity contribution in [2.75, 3.05) is 0 Å². The standard InChI is InChI=1S/C11H8Cl2O3/c12-8-3-1-2-6(10(8)13)4-7-5-9(14)16-11(7)15/h1-3,7H,4-5H2. The number of benzene rings is 1. The maximum atomic E-state index is 11.3. The molecule has 0 aliphatic carbocycles. The molecule has 1 aromatic carbocycles. The van der Waals surface area contributed by atoms with Gasteiger partial charge in [-0.25, -0.2) is 0 Å². The summed E-state index contributed by atoms with van der Waals surface area (Å²) in [5, 5.41) is 0.869. The summed E-state index contributed by atoms with van der Waals surface area (Å²) in [7, 11) is 0. The van der Waals surface area contributed by atoms with E-state index < -0.39 is 17.9 Å². The van der Waals surface area contributed by atoms with Gasteiger partial charge in [-0.15, -0.1) is 0 Å². The summed E-state index contributed by atoms with van der Waals surface area (Å²) in [5.74, 6) is -1.40. The lowest BCUT2D eigenvalue weighted by molar-refractivity contribution is -0.153. The van der Waals surface area contributed by atoms with Crippen LogP contribution in [0.1, 0.15) is 12.0 Å². The first-order valence-electron chi connectivity index (χ1n) is 4.75. The summed E-state index contributed by atoms with van der Waals surface area (Å²) < 4.78 is 4.46. The fraction of sp³-hybridized carbons (Fsp3) is 0.273. The molecule has 16 heavy (non-hydrogen) atoms. The topological polar surface area (TPSA) is 43.4 Å². The maximum Gasteiger partial charge on any atom is 0.317 e. The number of halogens is 2. The molecule has 0 spiro atoms. The van der Waals surface area contributed by atoms with Crippen molar-refractivity contribution in [3.8, 4) is 0 Å². The first kappa shape index (κ1) is 11.4. The zero-order valence-corrected chi connectivity index (χ0v) is 9.72.